The third kappa shape index (κ3) is 8.22. The Kier molecular flexibility index (Phi) is 13.3. The van der Waals surface area contributed by atoms with Crippen molar-refractivity contribution in [3.05, 3.63) is 63.3 Å². The van der Waals surface area contributed by atoms with Gasteiger partial charge in [-0.1, -0.05) is 24.1 Å². The maximum Gasteiger partial charge on any atom is 0.341 e. The summed E-state index contributed by atoms with van der Waals surface area (Å²) in [4.78, 5) is 27.2. The van der Waals surface area contributed by atoms with Gasteiger partial charge in [-0.3, -0.25) is 14.2 Å². The predicted octanol–water partition coefficient (Wildman–Crippen LogP) is 5.17. The number of aryl methyl sites for hydroxylation is 1. The minimum Gasteiger partial charge on any atom is -0.506 e. The average molecular weight is 773 g/mol. The summed E-state index contributed by atoms with van der Waals surface area (Å²) in [6, 6.07) is 11.6. The number of ether oxygens (including phenoxy) is 1. The molecular formula is C38H50F2N6O7S. The number of carbonyl (C=O) groups is 2. The van der Waals surface area contributed by atoms with Crippen molar-refractivity contribution in [1.29, 1.82) is 0 Å². The molecule has 2 aromatic heterocycles. The maximum atomic E-state index is 12.4. The number of amides is 1. The van der Waals surface area contributed by atoms with Gasteiger partial charge in [0.1, 0.15) is 17.0 Å². The highest BCUT2D eigenvalue weighted by molar-refractivity contribution is 7.10. The number of fused-ring (bicyclic) bond motifs is 2. The number of aromatic hydroxyl groups is 1. The molecule has 2 saturated carbocycles. The Balaban J connectivity index is 0.00000280. The summed E-state index contributed by atoms with van der Waals surface area (Å²) in [5.74, 6) is -1.25. The fraction of sp³-hybridized carbons (Fsp3) is 0.526. The van der Waals surface area contributed by atoms with E-state index >= 15 is 0 Å². The summed E-state index contributed by atoms with van der Waals surface area (Å²) in [6.45, 7) is 2.22. The Labute approximate surface area is 316 Å². The third-order valence-electron chi connectivity index (χ3n) is 11.3. The van der Waals surface area contributed by atoms with Gasteiger partial charge in [-0.15, -0.1) is 16.4 Å². The quantitative estimate of drug-likeness (QED) is 0.0931. The number of aromatic nitrogens is 3. The van der Waals surface area contributed by atoms with E-state index in [9.17, 15) is 30.0 Å². The Hall–Kier alpha value is -4.22. The van der Waals surface area contributed by atoms with E-state index in [-0.39, 0.29) is 57.5 Å². The highest BCUT2D eigenvalue weighted by Crippen LogP contribution is 2.48. The van der Waals surface area contributed by atoms with Gasteiger partial charge in [0.25, 0.3) is 5.91 Å². The molecule has 7 rings (SSSR count). The van der Waals surface area contributed by atoms with Crippen LogP contribution in [0.4, 0.5) is 15.1 Å². The molecule has 6 N–H and O–H groups in total. The first-order valence-electron chi connectivity index (χ1n) is 18.4. The number of thiophene rings is 1. The number of carboxylic acid groups (broad SMARTS) is 1. The molecule has 294 valence electrons. The van der Waals surface area contributed by atoms with Crippen LogP contribution < -0.4 is 15.4 Å². The molecule has 2 atom stereocenters. The molecule has 2 aliphatic carbocycles. The van der Waals surface area contributed by atoms with Gasteiger partial charge in [0.2, 0.25) is 0 Å². The van der Waals surface area contributed by atoms with Gasteiger partial charge in [-0.2, -0.15) is 0 Å². The number of hydrogen-bond acceptors (Lipinski definition) is 11. The van der Waals surface area contributed by atoms with Gasteiger partial charge in [0.05, 0.1) is 16.5 Å². The van der Waals surface area contributed by atoms with Crippen LogP contribution in [0.5, 0.6) is 11.5 Å². The van der Waals surface area contributed by atoms with Crippen molar-refractivity contribution in [2.75, 3.05) is 32.1 Å². The molecule has 3 aliphatic rings. The number of halogens is 2. The average Bonchev–Trinajstić information content (AvgIpc) is 3.94. The molecule has 0 unspecified atom stereocenters. The molecular weight excluding hydrogens is 723 g/mol. The topological polar surface area (TPSA) is 182 Å². The number of hydrogen-bond donors (Lipinski definition) is 6. The second-order valence-electron chi connectivity index (χ2n) is 14.6. The smallest absolute Gasteiger partial charge is 0.341 e. The van der Waals surface area contributed by atoms with Crippen molar-refractivity contribution in [2.45, 2.75) is 94.5 Å². The van der Waals surface area contributed by atoms with Crippen LogP contribution in [0.15, 0.2) is 41.8 Å². The fourth-order valence-electron chi connectivity index (χ4n) is 8.43. The van der Waals surface area contributed by atoms with E-state index in [1.165, 1.54) is 17.4 Å². The molecule has 0 spiro atoms. The van der Waals surface area contributed by atoms with Crippen LogP contribution >= 0.6 is 11.3 Å². The predicted molar refractivity (Wildman–Crippen MR) is 201 cm³/mol. The number of aliphatic hydroxyl groups excluding tert-OH is 1. The molecule has 4 aromatic rings. The zero-order valence-corrected chi connectivity index (χ0v) is 31.1. The van der Waals surface area contributed by atoms with Gasteiger partial charge < -0.3 is 40.7 Å². The number of carboxylic acids is 1. The lowest BCUT2D eigenvalue weighted by molar-refractivity contribution is -0.166. The number of nitrogens with zero attached hydrogens (tertiary/aromatic N) is 4. The first kappa shape index (κ1) is 41.0. The fourth-order valence-corrected chi connectivity index (χ4v) is 9.58. The normalized spacial score (nSPS) is 20.3. The molecule has 2 fully saturated rings. The molecule has 1 amide bonds. The number of nitrogens with one attached hydrogen (secondary N) is 2. The summed E-state index contributed by atoms with van der Waals surface area (Å²) in [6.07, 6.45) is 7.53. The van der Waals surface area contributed by atoms with Crippen molar-refractivity contribution >= 4 is 39.9 Å². The first-order valence-corrected chi connectivity index (χ1v) is 19.2. The molecule has 2 aromatic carbocycles. The SMILES string of the molecule is CN(CCCn1nnc2cc(CNC[C@H](O)c3ccc(O)c4c3OCC(=O)N4)ccc21)[C@H]1CC[C@H](c2ccsc2[C@@](O)(C(=O)O)C2CCCC2)CC1.F.F. The van der Waals surface area contributed by atoms with Crippen molar-refractivity contribution in [3.8, 4) is 11.5 Å². The maximum absolute atomic E-state index is 12.4. The largest absolute Gasteiger partial charge is 0.506 e. The van der Waals surface area contributed by atoms with Crippen LogP contribution in [-0.2, 0) is 28.3 Å². The lowest BCUT2D eigenvalue weighted by atomic mass is 9.76. The number of aliphatic hydroxyl groups is 2. The van der Waals surface area contributed by atoms with Crippen molar-refractivity contribution in [2.24, 2.45) is 5.92 Å². The van der Waals surface area contributed by atoms with Crippen LogP contribution in [-0.4, -0.2) is 85.0 Å². The molecule has 54 heavy (non-hydrogen) atoms. The number of carbonyl (C=O) groups excluding carboxylic acids is 1. The van der Waals surface area contributed by atoms with E-state index in [0.29, 0.717) is 23.0 Å². The van der Waals surface area contributed by atoms with E-state index in [4.69, 9.17) is 4.74 Å². The Morgan fingerprint density at radius 1 is 1.13 bits per heavy atom. The standard InChI is InChI=1S/C38H48N6O7S.2FH/c1-43(26-10-8-24(9-11-26)27-15-18-52-36(27)38(50,37(48)49)25-5-2-3-6-25)16-4-17-44-30-13-7-23(19-29(30)41-42-44)20-39-21-32(46)28-12-14-31(45)34-35(28)51-22-33(47)40-34;;/h7,12-15,18-19,24-26,32,39,45-46,50H,2-6,8-11,16-17,20-22H2,1H3,(H,40,47)(H,48,49);2*1H/t24-,26-,32-,38+;;/m0../s1. The monoisotopic (exact) mass is 772 g/mol. The number of rotatable bonds is 14. The molecule has 13 nitrogen and oxygen atoms in total. The molecule has 16 heteroatoms. The van der Waals surface area contributed by atoms with Crippen molar-refractivity contribution in [3.63, 3.8) is 0 Å². The highest BCUT2D eigenvalue weighted by atomic mass is 32.1. The molecule has 3 heterocycles. The number of phenols is 1. The molecule has 0 saturated heterocycles. The van der Waals surface area contributed by atoms with E-state index in [1.807, 2.05) is 34.3 Å². The summed E-state index contributed by atoms with van der Waals surface area (Å²) in [7, 11) is 2.18. The number of anilines is 1. The Morgan fingerprint density at radius 2 is 1.89 bits per heavy atom. The van der Waals surface area contributed by atoms with Gasteiger partial charge in [0.15, 0.2) is 18.0 Å². The van der Waals surface area contributed by atoms with Crippen LogP contribution in [0.25, 0.3) is 11.0 Å². The summed E-state index contributed by atoms with van der Waals surface area (Å²) < 4.78 is 7.45. The van der Waals surface area contributed by atoms with Gasteiger partial charge in [-0.05, 0) is 111 Å². The Morgan fingerprint density at radius 3 is 2.63 bits per heavy atom. The number of benzene rings is 2. The first-order chi connectivity index (χ1) is 25.1. The molecule has 0 bridgehead atoms. The van der Waals surface area contributed by atoms with Crippen molar-refractivity contribution in [1.82, 2.24) is 25.2 Å². The van der Waals surface area contributed by atoms with Gasteiger partial charge in [0, 0.05) is 37.2 Å². The lowest BCUT2D eigenvalue weighted by Crippen LogP contribution is -2.42. The van der Waals surface area contributed by atoms with E-state index in [2.05, 4.69) is 32.9 Å². The number of aliphatic carboxylic acids is 1. The second-order valence-corrected chi connectivity index (χ2v) is 15.5. The number of phenolic OH excluding ortho intramolecular Hbond substituents is 1. The summed E-state index contributed by atoms with van der Waals surface area (Å²) in [5.41, 5.74) is 2.68. The van der Waals surface area contributed by atoms with Crippen LogP contribution in [0, 0.1) is 5.92 Å². The lowest BCUT2D eigenvalue weighted by Gasteiger charge is -2.36. The highest BCUT2D eigenvalue weighted by Gasteiger charge is 2.49. The van der Waals surface area contributed by atoms with E-state index in [0.717, 1.165) is 93.0 Å². The summed E-state index contributed by atoms with van der Waals surface area (Å²) >= 11 is 1.40. The van der Waals surface area contributed by atoms with Crippen LogP contribution in [0.3, 0.4) is 0 Å². The molecule has 0 radical (unpaired) electrons. The van der Waals surface area contributed by atoms with Gasteiger partial charge in [-0.25, -0.2) is 9.48 Å². The van der Waals surface area contributed by atoms with Crippen LogP contribution in [0.1, 0.15) is 91.4 Å². The third-order valence-corrected chi connectivity index (χ3v) is 12.4. The van der Waals surface area contributed by atoms with E-state index in [1.54, 1.807) is 6.07 Å². The zero-order chi connectivity index (χ0) is 36.4. The molecule has 1 aliphatic heterocycles. The Bertz CT molecular complexity index is 1910. The minimum absolute atomic E-state index is 0. The van der Waals surface area contributed by atoms with Crippen molar-refractivity contribution < 1.29 is 44.2 Å². The zero-order valence-electron chi connectivity index (χ0n) is 30.3. The van der Waals surface area contributed by atoms with E-state index < -0.39 is 17.7 Å². The second kappa shape index (κ2) is 17.5. The van der Waals surface area contributed by atoms with Gasteiger partial charge >= 0.3 is 5.97 Å². The summed E-state index contributed by atoms with van der Waals surface area (Å²) in [5, 5.41) is 59.3. The minimum atomic E-state index is -1.78. The van der Waals surface area contributed by atoms with Crippen LogP contribution in [0.2, 0.25) is 0 Å².